The number of hydrogen-bond donors (Lipinski definition) is 1. The number of fused-ring (bicyclic) bond motifs is 1. The van der Waals surface area contributed by atoms with Crippen LogP contribution in [0.5, 0.6) is 5.75 Å². The molecule has 0 radical (unpaired) electrons. The molecule has 0 aliphatic carbocycles. The standard InChI is InChI=1S/C32H31ClN4O3/c1-40-24-13-10-21(11-14-24)28-19-27(35-37(28)29(38)20-36-16-6-3-7-17-36)31-30(22-8-4-2-5-9-22)25-18-23(33)12-15-26(25)34-32(31)39/h2,4-5,8-15,18,28H,3,6-7,16-17,19-20H2,1H3,(H,34,39)/t28-/m1/s1. The van der Waals surface area contributed by atoms with Gasteiger partial charge in [0, 0.05) is 27.9 Å². The van der Waals surface area contributed by atoms with Gasteiger partial charge in [-0.3, -0.25) is 14.5 Å². The van der Waals surface area contributed by atoms with Gasteiger partial charge in [-0.1, -0.05) is 60.5 Å². The second kappa shape index (κ2) is 11.3. The smallest absolute Gasteiger partial charge is 0.258 e. The third kappa shape index (κ3) is 5.15. The number of piperidine rings is 1. The van der Waals surface area contributed by atoms with E-state index in [-0.39, 0.29) is 17.5 Å². The number of amides is 1. The zero-order chi connectivity index (χ0) is 27.6. The minimum Gasteiger partial charge on any atom is -0.497 e. The fourth-order valence-electron chi connectivity index (χ4n) is 5.80. The molecule has 4 aromatic rings. The van der Waals surface area contributed by atoms with E-state index in [4.69, 9.17) is 21.4 Å². The lowest BCUT2D eigenvalue weighted by molar-refractivity contribution is -0.134. The van der Waals surface area contributed by atoms with Gasteiger partial charge >= 0.3 is 0 Å². The molecular formula is C32H31ClN4O3. The highest BCUT2D eigenvalue weighted by molar-refractivity contribution is 6.31. The molecule has 40 heavy (non-hydrogen) atoms. The van der Waals surface area contributed by atoms with Crippen molar-refractivity contribution in [2.75, 3.05) is 26.7 Å². The maximum absolute atomic E-state index is 13.7. The highest BCUT2D eigenvalue weighted by Crippen LogP contribution is 2.38. The molecule has 3 heterocycles. The highest BCUT2D eigenvalue weighted by Gasteiger charge is 2.36. The zero-order valence-corrected chi connectivity index (χ0v) is 23.2. The summed E-state index contributed by atoms with van der Waals surface area (Å²) >= 11 is 6.43. The number of aromatic nitrogens is 1. The van der Waals surface area contributed by atoms with Crippen LogP contribution >= 0.6 is 11.6 Å². The number of benzene rings is 3. The molecule has 1 amide bonds. The molecule has 8 heteroatoms. The Bertz CT molecular complexity index is 1630. The van der Waals surface area contributed by atoms with E-state index >= 15 is 0 Å². The molecule has 1 saturated heterocycles. The summed E-state index contributed by atoms with van der Waals surface area (Å²) in [5, 5.41) is 7.88. The van der Waals surface area contributed by atoms with Crippen molar-refractivity contribution in [3.63, 3.8) is 0 Å². The molecule has 1 aromatic heterocycles. The van der Waals surface area contributed by atoms with E-state index in [0.717, 1.165) is 53.8 Å². The van der Waals surface area contributed by atoms with Crippen molar-refractivity contribution in [2.24, 2.45) is 5.10 Å². The lowest BCUT2D eigenvalue weighted by atomic mass is 9.91. The molecule has 0 unspecified atom stereocenters. The Morgan fingerprint density at radius 1 is 1.00 bits per heavy atom. The molecule has 0 spiro atoms. The van der Waals surface area contributed by atoms with Crippen LogP contribution in [0.4, 0.5) is 0 Å². The maximum Gasteiger partial charge on any atom is 0.258 e. The van der Waals surface area contributed by atoms with Crippen molar-refractivity contribution in [2.45, 2.75) is 31.7 Å². The second-order valence-electron chi connectivity index (χ2n) is 10.4. The molecule has 1 atom stereocenters. The van der Waals surface area contributed by atoms with E-state index in [1.54, 1.807) is 18.2 Å². The Kier molecular flexibility index (Phi) is 7.41. The summed E-state index contributed by atoms with van der Waals surface area (Å²) in [5.74, 6) is 0.669. The first kappa shape index (κ1) is 26.3. The topological polar surface area (TPSA) is 78.0 Å². The number of pyridine rings is 1. The van der Waals surface area contributed by atoms with Crippen molar-refractivity contribution >= 4 is 34.1 Å². The van der Waals surface area contributed by atoms with Crippen LogP contribution in [0, 0.1) is 0 Å². The summed E-state index contributed by atoms with van der Waals surface area (Å²) in [4.78, 5) is 32.7. The quantitative estimate of drug-likeness (QED) is 0.316. The number of halogens is 1. The molecule has 7 nitrogen and oxygen atoms in total. The fourth-order valence-corrected chi connectivity index (χ4v) is 5.98. The number of nitrogens with zero attached hydrogens (tertiary/aromatic N) is 3. The monoisotopic (exact) mass is 554 g/mol. The van der Waals surface area contributed by atoms with E-state index in [2.05, 4.69) is 9.88 Å². The number of hydrogen-bond acceptors (Lipinski definition) is 5. The zero-order valence-electron chi connectivity index (χ0n) is 22.4. The molecule has 1 fully saturated rings. The van der Waals surface area contributed by atoms with Gasteiger partial charge < -0.3 is 9.72 Å². The van der Waals surface area contributed by atoms with E-state index in [9.17, 15) is 9.59 Å². The van der Waals surface area contributed by atoms with Crippen molar-refractivity contribution < 1.29 is 9.53 Å². The molecule has 2 aliphatic rings. The number of carbonyl (C=O) groups is 1. The van der Waals surface area contributed by atoms with Gasteiger partial charge in [0.15, 0.2) is 0 Å². The van der Waals surface area contributed by atoms with Gasteiger partial charge in [0.25, 0.3) is 11.5 Å². The van der Waals surface area contributed by atoms with Crippen LogP contribution in [-0.4, -0.2) is 53.3 Å². The first-order valence-electron chi connectivity index (χ1n) is 13.7. The fraction of sp³-hybridized carbons (Fsp3) is 0.281. The predicted molar refractivity (Wildman–Crippen MR) is 159 cm³/mol. The summed E-state index contributed by atoms with van der Waals surface area (Å²) in [5.41, 5.74) is 4.08. The molecule has 6 rings (SSSR count). The van der Waals surface area contributed by atoms with E-state index in [0.29, 0.717) is 34.8 Å². The normalized spacial score (nSPS) is 17.7. The minimum absolute atomic E-state index is 0.0701. The van der Waals surface area contributed by atoms with E-state index < -0.39 is 0 Å². The Morgan fingerprint density at radius 2 is 1.75 bits per heavy atom. The van der Waals surface area contributed by atoms with Crippen molar-refractivity contribution in [1.29, 1.82) is 0 Å². The number of H-pyrrole nitrogens is 1. The molecule has 2 aliphatic heterocycles. The summed E-state index contributed by atoms with van der Waals surface area (Å²) in [6.07, 6.45) is 3.80. The molecule has 1 N–H and O–H groups in total. The number of ether oxygens (including phenoxy) is 1. The van der Waals surface area contributed by atoms with Crippen molar-refractivity contribution in [1.82, 2.24) is 14.9 Å². The Hall–Kier alpha value is -3.94. The first-order valence-corrected chi connectivity index (χ1v) is 14.1. The van der Waals surface area contributed by atoms with Gasteiger partial charge in [0.1, 0.15) is 5.75 Å². The number of rotatable bonds is 6. The van der Waals surface area contributed by atoms with Gasteiger partial charge in [0.2, 0.25) is 0 Å². The molecule has 0 bridgehead atoms. The molecular weight excluding hydrogens is 524 g/mol. The third-order valence-electron chi connectivity index (χ3n) is 7.80. The van der Waals surface area contributed by atoms with Gasteiger partial charge in [-0.25, -0.2) is 5.01 Å². The lowest BCUT2D eigenvalue weighted by Gasteiger charge is -2.29. The van der Waals surface area contributed by atoms with E-state index in [1.165, 1.54) is 6.42 Å². The highest BCUT2D eigenvalue weighted by atomic mass is 35.5. The Morgan fingerprint density at radius 3 is 2.48 bits per heavy atom. The van der Waals surface area contributed by atoms with Crippen LogP contribution in [0.1, 0.15) is 42.9 Å². The van der Waals surface area contributed by atoms with Crippen LogP contribution in [-0.2, 0) is 4.79 Å². The second-order valence-corrected chi connectivity index (χ2v) is 10.8. The minimum atomic E-state index is -0.337. The van der Waals surface area contributed by atoms with Gasteiger partial charge in [-0.2, -0.15) is 5.10 Å². The SMILES string of the molecule is COc1ccc([C@H]2CC(c3c(-c4ccccc4)c4cc(Cl)ccc4[nH]c3=O)=NN2C(=O)CN2CCCCC2)cc1. The Labute approximate surface area is 238 Å². The number of nitrogens with one attached hydrogen (secondary N) is 1. The number of carbonyl (C=O) groups excluding carboxylic acids is 1. The number of hydrazone groups is 1. The average Bonchev–Trinajstić information content (AvgIpc) is 3.43. The van der Waals surface area contributed by atoms with Crippen LogP contribution in [0.3, 0.4) is 0 Å². The van der Waals surface area contributed by atoms with Gasteiger partial charge in [-0.15, -0.1) is 0 Å². The van der Waals surface area contributed by atoms with Crippen molar-refractivity contribution in [3.8, 4) is 16.9 Å². The number of aromatic amines is 1. The number of methoxy groups -OCH3 is 1. The summed E-state index contributed by atoms with van der Waals surface area (Å²) in [7, 11) is 1.63. The Balaban J connectivity index is 1.48. The summed E-state index contributed by atoms with van der Waals surface area (Å²) in [6, 6.07) is 22.6. The average molecular weight is 555 g/mol. The van der Waals surface area contributed by atoms with Crippen LogP contribution in [0.15, 0.2) is 82.7 Å². The van der Waals surface area contributed by atoms with Crippen molar-refractivity contribution in [3.05, 3.63) is 99.3 Å². The molecule has 3 aromatic carbocycles. The predicted octanol–water partition coefficient (Wildman–Crippen LogP) is 6.02. The van der Waals surface area contributed by atoms with Gasteiger partial charge in [-0.05, 0) is 67.4 Å². The van der Waals surface area contributed by atoms with Gasteiger partial charge in [0.05, 0.1) is 31.0 Å². The number of likely N-dealkylation sites (tertiary alicyclic amines) is 1. The maximum atomic E-state index is 13.7. The molecule has 0 saturated carbocycles. The summed E-state index contributed by atoms with van der Waals surface area (Å²) in [6.45, 7) is 2.12. The first-order chi connectivity index (χ1) is 19.5. The molecule has 204 valence electrons. The van der Waals surface area contributed by atoms with Crippen LogP contribution in [0.2, 0.25) is 5.02 Å². The summed E-state index contributed by atoms with van der Waals surface area (Å²) < 4.78 is 5.36. The lowest BCUT2D eigenvalue weighted by Crippen LogP contribution is -2.40. The van der Waals surface area contributed by atoms with Crippen LogP contribution < -0.4 is 10.3 Å². The van der Waals surface area contributed by atoms with E-state index in [1.807, 2.05) is 66.7 Å². The van der Waals surface area contributed by atoms with Crippen LogP contribution in [0.25, 0.3) is 22.0 Å². The largest absolute Gasteiger partial charge is 0.497 e. The third-order valence-corrected chi connectivity index (χ3v) is 8.04.